The Kier molecular flexibility index (Phi) is 5.57. The molecule has 0 fully saturated rings. The zero-order valence-electron chi connectivity index (χ0n) is 13.7. The van der Waals surface area contributed by atoms with Crippen molar-refractivity contribution in [3.63, 3.8) is 0 Å². The second-order valence-corrected chi connectivity index (χ2v) is 6.05. The summed E-state index contributed by atoms with van der Waals surface area (Å²) in [5, 5.41) is 8.11. The lowest BCUT2D eigenvalue weighted by Crippen LogP contribution is -2.22. The normalized spacial score (nSPS) is 11.3. The summed E-state index contributed by atoms with van der Waals surface area (Å²) >= 11 is 0. The van der Waals surface area contributed by atoms with Gasteiger partial charge in [0.15, 0.2) is 0 Å². The Labute approximate surface area is 128 Å². The minimum absolute atomic E-state index is 0.500. The molecule has 2 aromatic rings. The molecule has 1 N–H and O–H groups in total. The number of rotatable bonds is 7. The predicted molar refractivity (Wildman–Crippen MR) is 88.5 cm³/mol. The fourth-order valence-corrected chi connectivity index (χ4v) is 2.56. The molecule has 0 radical (unpaired) electrons. The molecule has 0 aliphatic rings. The number of aryl methyl sites for hydroxylation is 1. The molecule has 1 aromatic heterocycles. The first-order chi connectivity index (χ1) is 10.1. The second-order valence-electron chi connectivity index (χ2n) is 6.05. The standard InChI is InChI=1S/C18H27N3/c1-5-7-18-17(11-19-14(2)3)12-20-21(18)13-16-9-6-8-15(4)10-16/h6,8-10,12,14,19H,5,7,11,13H2,1-4H3. The molecule has 0 amide bonds. The molecule has 0 spiro atoms. The van der Waals surface area contributed by atoms with Crippen molar-refractivity contribution in [3.05, 3.63) is 52.8 Å². The largest absolute Gasteiger partial charge is 0.310 e. The fraction of sp³-hybridized carbons (Fsp3) is 0.500. The van der Waals surface area contributed by atoms with Gasteiger partial charge in [-0.15, -0.1) is 0 Å². The summed E-state index contributed by atoms with van der Waals surface area (Å²) in [6, 6.07) is 9.17. The first-order valence-corrected chi connectivity index (χ1v) is 7.92. The maximum Gasteiger partial charge on any atom is 0.0662 e. The van der Waals surface area contributed by atoms with Gasteiger partial charge in [-0.1, -0.05) is 57.0 Å². The van der Waals surface area contributed by atoms with Gasteiger partial charge < -0.3 is 5.32 Å². The summed E-state index contributed by atoms with van der Waals surface area (Å²) in [4.78, 5) is 0. The highest BCUT2D eigenvalue weighted by atomic mass is 15.3. The van der Waals surface area contributed by atoms with Crippen LogP contribution in [0.1, 0.15) is 49.6 Å². The van der Waals surface area contributed by atoms with Gasteiger partial charge in [0.2, 0.25) is 0 Å². The lowest BCUT2D eigenvalue weighted by molar-refractivity contribution is 0.580. The minimum atomic E-state index is 0.500. The molecule has 0 saturated heterocycles. The van der Waals surface area contributed by atoms with Crippen molar-refractivity contribution in [1.29, 1.82) is 0 Å². The Balaban J connectivity index is 2.18. The molecule has 0 aliphatic carbocycles. The van der Waals surface area contributed by atoms with E-state index in [4.69, 9.17) is 0 Å². The van der Waals surface area contributed by atoms with Crippen molar-refractivity contribution in [3.8, 4) is 0 Å². The van der Waals surface area contributed by atoms with E-state index in [0.29, 0.717) is 6.04 Å². The Morgan fingerprint density at radius 1 is 1.29 bits per heavy atom. The Bertz CT molecular complexity index is 570. The van der Waals surface area contributed by atoms with Crippen LogP contribution in [0.25, 0.3) is 0 Å². The molecular weight excluding hydrogens is 258 g/mol. The molecule has 3 nitrogen and oxygen atoms in total. The molecule has 0 aliphatic heterocycles. The average molecular weight is 285 g/mol. The average Bonchev–Trinajstić information content (AvgIpc) is 2.80. The van der Waals surface area contributed by atoms with Gasteiger partial charge in [0.05, 0.1) is 12.7 Å². The van der Waals surface area contributed by atoms with Gasteiger partial charge in [0, 0.05) is 23.8 Å². The second kappa shape index (κ2) is 7.41. The first-order valence-electron chi connectivity index (χ1n) is 7.92. The zero-order valence-corrected chi connectivity index (χ0v) is 13.7. The Hall–Kier alpha value is -1.61. The van der Waals surface area contributed by atoms with Crippen LogP contribution in [0.4, 0.5) is 0 Å². The number of hydrogen-bond donors (Lipinski definition) is 1. The third-order valence-corrected chi connectivity index (χ3v) is 3.64. The van der Waals surface area contributed by atoms with Gasteiger partial charge in [-0.2, -0.15) is 5.10 Å². The lowest BCUT2D eigenvalue weighted by atomic mass is 10.1. The number of aromatic nitrogens is 2. The molecule has 0 saturated carbocycles. The minimum Gasteiger partial charge on any atom is -0.310 e. The van der Waals surface area contributed by atoms with Crippen molar-refractivity contribution < 1.29 is 0 Å². The Morgan fingerprint density at radius 3 is 2.76 bits per heavy atom. The van der Waals surface area contributed by atoms with E-state index < -0.39 is 0 Å². The highest BCUT2D eigenvalue weighted by molar-refractivity contribution is 5.24. The van der Waals surface area contributed by atoms with Crippen LogP contribution in [0.2, 0.25) is 0 Å². The molecule has 3 heteroatoms. The van der Waals surface area contributed by atoms with E-state index in [9.17, 15) is 0 Å². The molecule has 1 heterocycles. The van der Waals surface area contributed by atoms with Gasteiger partial charge in [-0.3, -0.25) is 4.68 Å². The summed E-state index contributed by atoms with van der Waals surface area (Å²) in [6.45, 7) is 10.5. The van der Waals surface area contributed by atoms with Crippen LogP contribution in [0.3, 0.4) is 0 Å². The molecule has 114 valence electrons. The van der Waals surface area contributed by atoms with Gasteiger partial charge in [0.1, 0.15) is 0 Å². The zero-order chi connectivity index (χ0) is 15.2. The summed E-state index contributed by atoms with van der Waals surface area (Å²) in [7, 11) is 0. The third-order valence-electron chi connectivity index (χ3n) is 3.64. The highest BCUT2D eigenvalue weighted by Gasteiger charge is 2.10. The highest BCUT2D eigenvalue weighted by Crippen LogP contribution is 2.14. The van der Waals surface area contributed by atoms with E-state index in [1.54, 1.807) is 0 Å². The van der Waals surface area contributed by atoms with Gasteiger partial charge >= 0.3 is 0 Å². The van der Waals surface area contributed by atoms with E-state index in [1.807, 2.05) is 6.20 Å². The molecule has 2 rings (SSSR count). The molecule has 0 bridgehead atoms. The number of benzene rings is 1. The molecular formula is C18H27N3. The quantitative estimate of drug-likeness (QED) is 0.841. The smallest absolute Gasteiger partial charge is 0.0662 e. The fourth-order valence-electron chi connectivity index (χ4n) is 2.56. The van der Waals surface area contributed by atoms with E-state index in [1.165, 1.54) is 22.4 Å². The van der Waals surface area contributed by atoms with Crippen LogP contribution in [0.5, 0.6) is 0 Å². The van der Waals surface area contributed by atoms with Crippen LogP contribution in [-0.2, 0) is 19.5 Å². The number of hydrogen-bond acceptors (Lipinski definition) is 2. The molecule has 1 aromatic carbocycles. The van der Waals surface area contributed by atoms with Gasteiger partial charge in [-0.25, -0.2) is 0 Å². The van der Waals surface area contributed by atoms with Crippen LogP contribution in [0.15, 0.2) is 30.5 Å². The maximum absolute atomic E-state index is 4.61. The van der Waals surface area contributed by atoms with Crippen molar-refractivity contribution in [1.82, 2.24) is 15.1 Å². The first kappa shape index (κ1) is 15.8. The van der Waals surface area contributed by atoms with E-state index in [0.717, 1.165) is 25.9 Å². The topological polar surface area (TPSA) is 29.9 Å². The summed E-state index contributed by atoms with van der Waals surface area (Å²) < 4.78 is 2.16. The monoisotopic (exact) mass is 285 g/mol. The van der Waals surface area contributed by atoms with Crippen molar-refractivity contribution in [2.24, 2.45) is 0 Å². The van der Waals surface area contributed by atoms with E-state index in [2.05, 4.69) is 67.1 Å². The van der Waals surface area contributed by atoms with Crippen LogP contribution in [-0.4, -0.2) is 15.8 Å². The van der Waals surface area contributed by atoms with Gasteiger partial charge in [0.25, 0.3) is 0 Å². The predicted octanol–water partition coefficient (Wildman–Crippen LogP) is 3.69. The van der Waals surface area contributed by atoms with Crippen LogP contribution >= 0.6 is 0 Å². The van der Waals surface area contributed by atoms with Crippen molar-refractivity contribution in [2.75, 3.05) is 0 Å². The van der Waals surface area contributed by atoms with E-state index >= 15 is 0 Å². The van der Waals surface area contributed by atoms with Gasteiger partial charge in [-0.05, 0) is 18.9 Å². The number of nitrogens with one attached hydrogen (secondary N) is 1. The van der Waals surface area contributed by atoms with Crippen molar-refractivity contribution in [2.45, 2.75) is 59.7 Å². The molecule has 0 atom stereocenters. The lowest BCUT2D eigenvalue weighted by Gasteiger charge is -2.11. The molecule has 21 heavy (non-hydrogen) atoms. The summed E-state index contributed by atoms with van der Waals surface area (Å²) in [5.74, 6) is 0. The van der Waals surface area contributed by atoms with Crippen LogP contribution < -0.4 is 5.32 Å². The van der Waals surface area contributed by atoms with E-state index in [-0.39, 0.29) is 0 Å². The summed E-state index contributed by atoms with van der Waals surface area (Å²) in [5.41, 5.74) is 5.32. The molecule has 0 unspecified atom stereocenters. The van der Waals surface area contributed by atoms with Crippen LogP contribution in [0, 0.1) is 6.92 Å². The van der Waals surface area contributed by atoms with Crippen molar-refractivity contribution >= 4 is 0 Å². The SMILES string of the molecule is CCCc1c(CNC(C)C)cnn1Cc1cccc(C)c1. The summed E-state index contributed by atoms with van der Waals surface area (Å²) in [6.07, 6.45) is 4.26. The Morgan fingerprint density at radius 2 is 2.10 bits per heavy atom. The maximum atomic E-state index is 4.61. The third kappa shape index (κ3) is 4.43. The number of nitrogens with zero attached hydrogens (tertiary/aromatic N) is 2.